The van der Waals surface area contributed by atoms with Crippen LogP contribution < -0.4 is 11.1 Å². The lowest BCUT2D eigenvalue weighted by molar-refractivity contribution is 0.0787. The Labute approximate surface area is 149 Å². The van der Waals surface area contributed by atoms with Crippen LogP contribution in [0.2, 0.25) is 5.02 Å². The number of nitrogens with one attached hydrogen (secondary N) is 1. The van der Waals surface area contributed by atoms with Gasteiger partial charge in [-0.15, -0.1) is 11.3 Å². The third-order valence-electron chi connectivity index (χ3n) is 4.11. The number of likely N-dealkylation sites (tertiary alicyclic amines) is 1. The normalized spacial score (nSPS) is 17.1. The van der Waals surface area contributed by atoms with Crippen molar-refractivity contribution in [3.05, 3.63) is 51.2 Å². The number of nitrogens with two attached hydrogens (primary N) is 1. The Hall–Kier alpha value is -1.89. The monoisotopic (exact) mass is 363 g/mol. The molecule has 1 aromatic heterocycles. The van der Waals surface area contributed by atoms with Crippen LogP contribution in [-0.2, 0) is 0 Å². The molecule has 24 heavy (non-hydrogen) atoms. The zero-order chi connectivity index (χ0) is 17.1. The van der Waals surface area contributed by atoms with E-state index >= 15 is 0 Å². The summed E-state index contributed by atoms with van der Waals surface area (Å²) in [5.74, 6) is 0.0642. The lowest BCUT2D eigenvalue weighted by Crippen LogP contribution is -2.30. The van der Waals surface area contributed by atoms with Crippen LogP contribution in [0.5, 0.6) is 0 Å². The quantitative estimate of drug-likeness (QED) is 0.876. The lowest BCUT2D eigenvalue weighted by Gasteiger charge is -2.17. The third-order valence-corrected chi connectivity index (χ3v) is 5.31. The first-order chi connectivity index (χ1) is 11.6. The van der Waals surface area contributed by atoms with Gasteiger partial charge in [0.25, 0.3) is 11.8 Å². The second-order valence-electron chi connectivity index (χ2n) is 5.77. The Balaban J connectivity index is 1.76. The summed E-state index contributed by atoms with van der Waals surface area (Å²) in [4.78, 5) is 27.2. The molecule has 0 radical (unpaired) electrons. The number of anilines is 1. The topological polar surface area (TPSA) is 75.4 Å². The molecular weight excluding hydrogens is 346 g/mol. The number of thiophene rings is 1. The minimum absolute atomic E-state index is 0.0609. The summed E-state index contributed by atoms with van der Waals surface area (Å²) >= 11 is 7.51. The molecule has 126 valence electrons. The maximum atomic E-state index is 12.6. The molecule has 1 aliphatic heterocycles. The van der Waals surface area contributed by atoms with E-state index in [1.165, 1.54) is 11.3 Å². The molecule has 2 amide bonds. The predicted molar refractivity (Wildman–Crippen MR) is 96.8 cm³/mol. The molecule has 1 aliphatic rings. The van der Waals surface area contributed by atoms with E-state index in [0.29, 0.717) is 46.7 Å². The summed E-state index contributed by atoms with van der Waals surface area (Å²) < 4.78 is 0. The summed E-state index contributed by atoms with van der Waals surface area (Å²) in [5.41, 5.74) is 6.63. The molecule has 3 rings (SSSR count). The van der Waals surface area contributed by atoms with E-state index in [9.17, 15) is 9.59 Å². The van der Waals surface area contributed by atoms with Crippen LogP contribution in [-0.4, -0.2) is 36.3 Å². The minimum Gasteiger partial charge on any atom is -0.338 e. The van der Waals surface area contributed by atoms with Crippen molar-refractivity contribution in [3.63, 3.8) is 0 Å². The number of carbonyl (C=O) groups is 2. The fourth-order valence-corrected chi connectivity index (χ4v) is 3.52. The van der Waals surface area contributed by atoms with Gasteiger partial charge in [-0.25, -0.2) is 0 Å². The third kappa shape index (κ3) is 3.61. The van der Waals surface area contributed by atoms with Gasteiger partial charge in [-0.05, 0) is 48.5 Å². The molecule has 1 atom stereocenters. The molecule has 2 aromatic rings. The second kappa shape index (κ2) is 7.34. The fourth-order valence-electron chi connectivity index (χ4n) is 2.74. The molecule has 2 heterocycles. The molecule has 1 fully saturated rings. The summed E-state index contributed by atoms with van der Waals surface area (Å²) in [6.45, 7) is 1.97. The van der Waals surface area contributed by atoms with Crippen molar-refractivity contribution < 1.29 is 9.59 Å². The van der Waals surface area contributed by atoms with Gasteiger partial charge in [0.1, 0.15) is 0 Å². The Morgan fingerprint density at radius 1 is 1.38 bits per heavy atom. The van der Waals surface area contributed by atoms with Crippen molar-refractivity contribution in [2.75, 3.05) is 25.0 Å². The number of amides is 2. The average Bonchev–Trinajstić information content (AvgIpc) is 3.27. The van der Waals surface area contributed by atoms with Gasteiger partial charge in [0.05, 0.1) is 15.6 Å². The minimum atomic E-state index is -0.235. The van der Waals surface area contributed by atoms with Crippen LogP contribution in [0.3, 0.4) is 0 Å². The van der Waals surface area contributed by atoms with Crippen LogP contribution in [0.1, 0.15) is 26.5 Å². The van der Waals surface area contributed by atoms with E-state index in [-0.39, 0.29) is 11.8 Å². The molecule has 0 bridgehead atoms. The first-order valence-electron chi connectivity index (χ1n) is 7.72. The maximum Gasteiger partial charge on any atom is 0.265 e. The van der Waals surface area contributed by atoms with Gasteiger partial charge >= 0.3 is 0 Å². The van der Waals surface area contributed by atoms with Crippen LogP contribution in [0, 0.1) is 5.92 Å². The highest BCUT2D eigenvalue weighted by molar-refractivity contribution is 7.12. The number of hydrogen-bond donors (Lipinski definition) is 2. The van der Waals surface area contributed by atoms with E-state index in [0.717, 1.165) is 6.42 Å². The van der Waals surface area contributed by atoms with Crippen LogP contribution in [0.15, 0.2) is 35.7 Å². The molecule has 3 N–H and O–H groups in total. The Bertz CT molecular complexity index is 748. The van der Waals surface area contributed by atoms with Crippen molar-refractivity contribution in [1.82, 2.24) is 4.90 Å². The standard InChI is InChI=1S/C17H18ClN3O2S/c18-13-4-3-12(17(23)21-6-5-11(9-19)10-21)8-14(13)20-16(22)15-2-1-7-24-15/h1-4,7-8,11H,5-6,9-10,19H2,(H,20,22). The molecule has 0 aliphatic carbocycles. The Morgan fingerprint density at radius 2 is 2.21 bits per heavy atom. The Kier molecular flexibility index (Phi) is 5.18. The average molecular weight is 364 g/mol. The smallest absolute Gasteiger partial charge is 0.265 e. The molecule has 0 saturated carbocycles. The number of halogens is 1. The zero-order valence-corrected chi connectivity index (χ0v) is 14.6. The summed E-state index contributed by atoms with van der Waals surface area (Å²) in [6.07, 6.45) is 0.928. The SMILES string of the molecule is NCC1CCN(C(=O)c2ccc(Cl)c(NC(=O)c3cccs3)c2)C1. The highest BCUT2D eigenvalue weighted by Gasteiger charge is 2.26. The van der Waals surface area contributed by atoms with Gasteiger partial charge in [-0.1, -0.05) is 17.7 Å². The second-order valence-corrected chi connectivity index (χ2v) is 7.12. The van der Waals surface area contributed by atoms with Gasteiger partial charge in [-0.2, -0.15) is 0 Å². The number of benzene rings is 1. The van der Waals surface area contributed by atoms with E-state index in [1.54, 1.807) is 29.2 Å². The van der Waals surface area contributed by atoms with E-state index < -0.39 is 0 Å². The molecule has 1 saturated heterocycles. The lowest BCUT2D eigenvalue weighted by atomic mass is 10.1. The van der Waals surface area contributed by atoms with Crippen molar-refractivity contribution >= 4 is 40.4 Å². The van der Waals surface area contributed by atoms with Crippen LogP contribution in [0.25, 0.3) is 0 Å². The largest absolute Gasteiger partial charge is 0.338 e. The molecule has 7 heteroatoms. The summed E-state index contributed by atoms with van der Waals surface area (Å²) in [6, 6.07) is 8.49. The van der Waals surface area contributed by atoms with Gasteiger partial charge < -0.3 is 16.0 Å². The van der Waals surface area contributed by atoms with Gasteiger partial charge in [0, 0.05) is 18.7 Å². The van der Waals surface area contributed by atoms with Gasteiger partial charge in [0.15, 0.2) is 0 Å². The molecule has 1 unspecified atom stereocenters. The number of hydrogen-bond acceptors (Lipinski definition) is 4. The van der Waals surface area contributed by atoms with Gasteiger partial charge in [0.2, 0.25) is 0 Å². The van der Waals surface area contributed by atoms with Crippen molar-refractivity contribution in [1.29, 1.82) is 0 Å². The highest BCUT2D eigenvalue weighted by Crippen LogP contribution is 2.26. The van der Waals surface area contributed by atoms with Crippen LogP contribution in [0.4, 0.5) is 5.69 Å². The van der Waals surface area contributed by atoms with E-state index in [1.807, 2.05) is 11.4 Å². The van der Waals surface area contributed by atoms with Crippen molar-refractivity contribution in [2.24, 2.45) is 11.7 Å². The molecule has 5 nitrogen and oxygen atoms in total. The first kappa shape index (κ1) is 17.0. The number of rotatable bonds is 4. The van der Waals surface area contributed by atoms with Crippen LogP contribution >= 0.6 is 22.9 Å². The van der Waals surface area contributed by atoms with Gasteiger partial charge in [-0.3, -0.25) is 9.59 Å². The molecular formula is C17H18ClN3O2S. The van der Waals surface area contributed by atoms with E-state index in [2.05, 4.69) is 5.32 Å². The fraction of sp³-hybridized carbons (Fsp3) is 0.294. The summed E-state index contributed by atoms with van der Waals surface area (Å²) in [7, 11) is 0. The van der Waals surface area contributed by atoms with Crippen molar-refractivity contribution in [3.8, 4) is 0 Å². The molecule has 1 aromatic carbocycles. The zero-order valence-electron chi connectivity index (χ0n) is 13.0. The number of nitrogens with zero attached hydrogens (tertiary/aromatic N) is 1. The highest BCUT2D eigenvalue weighted by atomic mass is 35.5. The predicted octanol–water partition coefficient (Wildman–Crippen LogP) is 3.07. The molecule has 0 spiro atoms. The Morgan fingerprint density at radius 3 is 2.88 bits per heavy atom. The maximum absolute atomic E-state index is 12.6. The summed E-state index contributed by atoms with van der Waals surface area (Å²) in [5, 5.41) is 5.00. The first-order valence-corrected chi connectivity index (χ1v) is 8.98. The number of carbonyl (C=O) groups excluding carboxylic acids is 2. The van der Waals surface area contributed by atoms with Crippen molar-refractivity contribution in [2.45, 2.75) is 6.42 Å². The van der Waals surface area contributed by atoms with E-state index in [4.69, 9.17) is 17.3 Å².